The number of aromatic nitrogens is 1. The molecule has 0 aliphatic heterocycles. The minimum absolute atomic E-state index is 0.130. The number of anilines is 1. The van der Waals surface area contributed by atoms with Crippen molar-refractivity contribution >= 4 is 34.1 Å². The van der Waals surface area contributed by atoms with Gasteiger partial charge in [0.05, 0.1) is 11.6 Å². The predicted octanol–water partition coefficient (Wildman–Crippen LogP) is 5.48. The molecule has 1 N–H and O–H groups in total. The van der Waals surface area contributed by atoms with E-state index in [0.717, 1.165) is 22.2 Å². The van der Waals surface area contributed by atoms with E-state index in [4.69, 9.17) is 0 Å². The molecule has 0 saturated carbocycles. The first-order valence-corrected chi connectivity index (χ1v) is 9.44. The highest BCUT2D eigenvalue weighted by Gasteiger charge is 2.12. The molecule has 146 valence electrons. The highest BCUT2D eigenvalue weighted by atomic mass is 19.1. The van der Waals surface area contributed by atoms with E-state index in [1.165, 1.54) is 12.1 Å². The maximum atomic E-state index is 13.6. The van der Waals surface area contributed by atoms with Crippen molar-refractivity contribution in [1.82, 2.24) is 4.57 Å². The van der Waals surface area contributed by atoms with Gasteiger partial charge in [0.15, 0.2) is 0 Å². The highest BCUT2D eigenvalue weighted by Crippen LogP contribution is 2.26. The van der Waals surface area contributed by atoms with Crippen molar-refractivity contribution in [3.8, 4) is 6.07 Å². The molecule has 4 aromatic rings. The second kappa shape index (κ2) is 8.46. The molecule has 1 heterocycles. The fourth-order valence-corrected chi connectivity index (χ4v) is 3.39. The van der Waals surface area contributed by atoms with Crippen LogP contribution >= 0.6 is 0 Å². The summed E-state index contributed by atoms with van der Waals surface area (Å²) < 4.78 is 15.4. The number of nitriles is 1. The van der Waals surface area contributed by atoms with Gasteiger partial charge in [0, 0.05) is 28.4 Å². The third-order valence-corrected chi connectivity index (χ3v) is 4.75. The summed E-state index contributed by atoms with van der Waals surface area (Å²) >= 11 is 0. The fraction of sp³-hybridized carbons (Fsp3) is 0.0400. The lowest BCUT2D eigenvalue weighted by atomic mass is 10.0. The number of benzene rings is 3. The van der Waals surface area contributed by atoms with Gasteiger partial charge in [-0.1, -0.05) is 48.5 Å². The van der Waals surface area contributed by atoms with Crippen LogP contribution in [0.25, 0.3) is 22.6 Å². The second-order valence-electron chi connectivity index (χ2n) is 6.82. The van der Waals surface area contributed by atoms with Crippen LogP contribution in [0.4, 0.5) is 10.1 Å². The average molecular weight is 395 g/mol. The van der Waals surface area contributed by atoms with Crippen molar-refractivity contribution in [2.75, 3.05) is 5.32 Å². The number of nitrogens with one attached hydrogen (secondary N) is 1. The maximum absolute atomic E-state index is 13.6. The number of halogens is 1. The first-order chi connectivity index (χ1) is 14.6. The van der Waals surface area contributed by atoms with Crippen LogP contribution in [0.5, 0.6) is 0 Å². The van der Waals surface area contributed by atoms with Crippen molar-refractivity contribution < 1.29 is 9.18 Å². The molecule has 0 atom stereocenters. The van der Waals surface area contributed by atoms with E-state index in [0.29, 0.717) is 11.1 Å². The van der Waals surface area contributed by atoms with Gasteiger partial charge >= 0.3 is 0 Å². The number of carbonyl (C=O) groups is 1. The molecule has 4 nitrogen and oxygen atoms in total. The summed E-state index contributed by atoms with van der Waals surface area (Å²) in [6.45, 7) is 0.130. The molecule has 0 aliphatic carbocycles. The number of nitrogens with zero attached hydrogens (tertiary/aromatic N) is 2. The van der Waals surface area contributed by atoms with Crippen LogP contribution in [0.2, 0.25) is 0 Å². The number of fused-ring (bicyclic) bond motifs is 1. The lowest BCUT2D eigenvalue weighted by Crippen LogP contribution is -2.18. The molecule has 0 unspecified atom stereocenters. The topological polar surface area (TPSA) is 57.8 Å². The molecule has 5 heteroatoms. The van der Waals surface area contributed by atoms with Gasteiger partial charge in [-0.05, 0) is 42.0 Å². The second-order valence-corrected chi connectivity index (χ2v) is 6.82. The third-order valence-electron chi connectivity index (χ3n) is 4.75. The molecule has 4 rings (SSSR count). The van der Waals surface area contributed by atoms with Crippen LogP contribution in [0.3, 0.4) is 0 Å². The van der Waals surface area contributed by atoms with Gasteiger partial charge in [-0.3, -0.25) is 4.79 Å². The molecule has 0 aliphatic rings. The van der Waals surface area contributed by atoms with E-state index in [-0.39, 0.29) is 12.5 Å². The van der Waals surface area contributed by atoms with Crippen molar-refractivity contribution in [3.63, 3.8) is 0 Å². The van der Waals surface area contributed by atoms with Crippen molar-refractivity contribution in [2.45, 2.75) is 6.54 Å². The fourth-order valence-electron chi connectivity index (χ4n) is 3.39. The Labute approximate surface area is 173 Å². The van der Waals surface area contributed by atoms with Gasteiger partial charge in [0.1, 0.15) is 12.4 Å². The normalized spacial score (nSPS) is 11.3. The zero-order valence-electron chi connectivity index (χ0n) is 16.0. The summed E-state index contributed by atoms with van der Waals surface area (Å²) in [6.07, 6.45) is 3.56. The summed E-state index contributed by atoms with van der Waals surface area (Å²) in [7, 11) is 0. The zero-order chi connectivity index (χ0) is 20.9. The van der Waals surface area contributed by atoms with Crippen molar-refractivity contribution in [3.05, 3.63) is 102 Å². The molecule has 0 spiro atoms. The van der Waals surface area contributed by atoms with Gasteiger partial charge in [-0.25, -0.2) is 4.39 Å². The van der Waals surface area contributed by atoms with E-state index >= 15 is 0 Å². The van der Waals surface area contributed by atoms with Gasteiger partial charge in [-0.2, -0.15) is 5.26 Å². The quantitative estimate of drug-likeness (QED) is 0.455. The Morgan fingerprint density at radius 2 is 1.80 bits per heavy atom. The van der Waals surface area contributed by atoms with Crippen LogP contribution in [0.15, 0.2) is 85.1 Å². The summed E-state index contributed by atoms with van der Waals surface area (Å²) in [5.41, 5.74) is 3.27. The zero-order valence-corrected chi connectivity index (χ0v) is 16.0. The lowest BCUT2D eigenvalue weighted by Gasteiger charge is -2.07. The number of rotatable bonds is 5. The van der Waals surface area contributed by atoms with E-state index in [1.807, 2.05) is 65.4 Å². The summed E-state index contributed by atoms with van der Waals surface area (Å²) in [5, 5.41) is 13.4. The smallest absolute Gasteiger partial charge is 0.244 e. The van der Waals surface area contributed by atoms with Crippen LogP contribution in [0.1, 0.15) is 11.1 Å². The van der Waals surface area contributed by atoms with E-state index in [2.05, 4.69) is 11.4 Å². The molecule has 30 heavy (non-hydrogen) atoms. The van der Waals surface area contributed by atoms with Crippen LogP contribution in [-0.2, 0) is 11.3 Å². The van der Waals surface area contributed by atoms with Gasteiger partial charge in [-0.15, -0.1) is 0 Å². The predicted molar refractivity (Wildman–Crippen MR) is 117 cm³/mol. The van der Waals surface area contributed by atoms with E-state index in [9.17, 15) is 14.4 Å². The molecule has 1 amide bonds. The van der Waals surface area contributed by atoms with Gasteiger partial charge in [0.2, 0.25) is 5.91 Å². The van der Waals surface area contributed by atoms with Gasteiger partial charge < -0.3 is 9.88 Å². The summed E-state index contributed by atoms with van der Waals surface area (Å²) in [5.74, 6) is -0.545. The number of allylic oxidation sites excluding steroid dienone is 1. The number of carbonyl (C=O) groups excluding carboxylic acids is 1. The van der Waals surface area contributed by atoms with E-state index in [1.54, 1.807) is 18.2 Å². The molecular formula is C25H18FN3O. The monoisotopic (exact) mass is 395 g/mol. The summed E-state index contributed by atoms with van der Waals surface area (Å²) in [4.78, 5) is 12.5. The van der Waals surface area contributed by atoms with Crippen LogP contribution in [0, 0.1) is 17.1 Å². The Hall–Kier alpha value is -4.17. The minimum atomic E-state index is -0.395. The Morgan fingerprint density at radius 1 is 1.03 bits per heavy atom. The standard InChI is InChI=1S/C25H18FN3O/c26-21-8-6-7-18(14-21)19(15-27)13-20-16-29(24-12-5-4-11-23(20)24)17-25(30)28-22-9-2-1-3-10-22/h1-14,16H,17H2,(H,28,30). The molecule has 0 fully saturated rings. The molecular weight excluding hydrogens is 377 g/mol. The Morgan fingerprint density at radius 3 is 2.57 bits per heavy atom. The largest absolute Gasteiger partial charge is 0.337 e. The first kappa shape index (κ1) is 19.2. The van der Waals surface area contributed by atoms with Crippen LogP contribution < -0.4 is 5.32 Å². The first-order valence-electron chi connectivity index (χ1n) is 9.44. The average Bonchev–Trinajstić information content (AvgIpc) is 3.10. The Kier molecular flexibility index (Phi) is 5.40. The highest BCUT2D eigenvalue weighted by molar-refractivity contribution is 5.99. The lowest BCUT2D eigenvalue weighted by molar-refractivity contribution is -0.116. The van der Waals surface area contributed by atoms with Gasteiger partial charge in [0.25, 0.3) is 0 Å². The molecule has 0 bridgehead atoms. The number of hydrogen-bond acceptors (Lipinski definition) is 2. The SMILES string of the molecule is N#CC(=Cc1cn(CC(=O)Nc2ccccc2)c2ccccc12)c1cccc(F)c1. The van der Waals surface area contributed by atoms with E-state index < -0.39 is 5.82 Å². The number of amides is 1. The molecule has 3 aromatic carbocycles. The Bertz CT molecular complexity index is 1280. The Balaban J connectivity index is 1.68. The third kappa shape index (κ3) is 4.13. The molecule has 0 radical (unpaired) electrons. The molecule has 1 aromatic heterocycles. The maximum Gasteiger partial charge on any atom is 0.244 e. The number of para-hydroxylation sites is 2. The number of hydrogen-bond donors (Lipinski definition) is 1. The minimum Gasteiger partial charge on any atom is -0.337 e. The van der Waals surface area contributed by atoms with Crippen molar-refractivity contribution in [2.24, 2.45) is 0 Å². The summed E-state index contributed by atoms with van der Waals surface area (Å²) in [6, 6.07) is 25.0. The van der Waals surface area contributed by atoms with Crippen molar-refractivity contribution in [1.29, 1.82) is 5.26 Å². The molecule has 0 saturated heterocycles. The van der Waals surface area contributed by atoms with Crippen LogP contribution in [-0.4, -0.2) is 10.5 Å².